The second-order valence-corrected chi connectivity index (χ2v) is 17.6. The molecule has 0 atom stereocenters. The smallest absolute Gasteiger partial charge is 0.137 e. The number of para-hydroxylation sites is 4. The number of anilines is 4. The zero-order valence-electron chi connectivity index (χ0n) is 38.1. The van der Waals surface area contributed by atoms with Crippen LogP contribution in [-0.4, -0.2) is 14.1 Å². The molecule has 4 heterocycles. The van der Waals surface area contributed by atoms with Crippen LogP contribution in [0, 0.1) is 18.8 Å². The summed E-state index contributed by atoms with van der Waals surface area (Å²) in [6, 6.07) is 88.4. The first-order valence-electron chi connectivity index (χ1n) is 23.5. The van der Waals surface area contributed by atoms with Crippen molar-refractivity contribution in [1.29, 1.82) is 0 Å². The van der Waals surface area contributed by atoms with Gasteiger partial charge in [-0.15, -0.1) is 48.1 Å². The summed E-state index contributed by atoms with van der Waals surface area (Å²) in [5, 5.41) is 6.92. The van der Waals surface area contributed by atoms with Crippen LogP contribution in [0.2, 0.25) is 0 Å². The second kappa shape index (κ2) is 17.4. The average Bonchev–Trinajstić information content (AvgIpc) is 4.10. The number of aromatic nitrogens is 3. The first kappa shape index (κ1) is 42.4. The van der Waals surface area contributed by atoms with Gasteiger partial charge in [0.2, 0.25) is 0 Å². The summed E-state index contributed by atoms with van der Waals surface area (Å²) in [6.07, 6.45) is 1.90. The summed E-state index contributed by atoms with van der Waals surface area (Å²) in [5.41, 5.74) is 13.9. The van der Waals surface area contributed by atoms with E-state index < -0.39 is 0 Å². The molecule has 0 fully saturated rings. The minimum absolute atomic E-state index is 0. The Bertz CT molecular complexity index is 4050. The number of nitrogens with zero attached hydrogens (tertiary/aromatic N) is 5. The van der Waals surface area contributed by atoms with Crippen LogP contribution in [0.3, 0.4) is 0 Å². The number of fused-ring (bicyclic) bond motifs is 9. The van der Waals surface area contributed by atoms with Crippen LogP contribution < -0.4 is 14.5 Å². The fourth-order valence-electron chi connectivity index (χ4n) is 10.6. The molecule has 340 valence electrons. The van der Waals surface area contributed by atoms with Gasteiger partial charge in [0, 0.05) is 94.7 Å². The van der Waals surface area contributed by atoms with Gasteiger partial charge in [0.05, 0.1) is 16.7 Å². The van der Waals surface area contributed by atoms with Crippen molar-refractivity contribution in [3.8, 4) is 45.3 Å². The molecule has 0 radical (unpaired) electrons. The van der Waals surface area contributed by atoms with Crippen molar-refractivity contribution >= 4 is 77.1 Å². The Morgan fingerprint density at radius 1 is 0.423 bits per heavy atom. The normalized spacial score (nSPS) is 12.3. The molecule has 0 saturated heterocycles. The minimum atomic E-state index is 0. The minimum Gasteiger partial charge on any atom is -0.509 e. The zero-order chi connectivity index (χ0) is 46.1. The van der Waals surface area contributed by atoms with Gasteiger partial charge in [0.1, 0.15) is 5.82 Å². The van der Waals surface area contributed by atoms with Gasteiger partial charge in [0.25, 0.3) is 0 Å². The van der Waals surface area contributed by atoms with E-state index in [0.29, 0.717) is 11.5 Å². The Labute approximate surface area is 425 Å². The van der Waals surface area contributed by atoms with Gasteiger partial charge < -0.3 is 23.7 Å². The van der Waals surface area contributed by atoms with E-state index in [1.165, 1.54) is 10.8 Å². The first-order valence-corrected chi connectivity index (χ1v) is 23.5. The third-order valence-corrected chi connectivity index (χ3v) is 13.6. The van der Waals surface area contributed by atoms with Crippen LogP contribution in [0.25, 0.3) is 88.1 Å². The molecule has 3 aromatic heterocycles. The van der Waals surface area contributed by atoms with Crippen molar-refractivity contribution in [3.63, 3.8) is 0 Å². The van der Waals surface area contributed by atoms with Gasteiger partial charge >= 0.3 is 0 Å². The fourth-order valence-corrected chi connectivity index (χ4v) is 10.6. The van der Waals surface area contributed by atoms with E-state index in [1.54, 1.807) is 0 Å². The molecule has 7 heteroatoms. The molecular weight excluding hydrogens is 1050 g/mol. The van der Waals surface area contributed by atoms with E-state index in [1.807, 2.05) is 24.4 Å². The number of hydrogen-bond donors (Lipinski definition) is 0. The molecule has 0 N–H and O–H groups in total. The van der Waals surface area contributed by atoms with Crippen LogP contribution >= 0.6 is 0 Å². The van der Waals surface area contributed by atoms with Crippen LogP contribution in [-0.2, 0) is 21.1 Å². The Balaban J connectivity index is 0.00000492. The summed E-state index contributed by atoms with van der Waals surface area (Å²) in [6.45, 7) is 2.21. The van der Waals surface area contributed by atoms with Crippen LogP contribution in [0.15, 0.2) is 237 Å². The van der Waals surface area contributed by atoms with Gasteiger partial charge in [-0.1, -0.05) is 169 Å². The summed E-state index contributed by atoms with van der Waals surface area (Å²) < 4.78 is 11.3. The summed E-state index contributed by atoms with van der Waals surface area (Å²) in [4.78, 5) is 9.60. The van der Waals surface area contributed by atoms with E-state index in [-0.39, 0.29) is 21.1 Å². The van der Waals surface area contributed by atoms with Crippen LogP contribution in [0.1, 0.15) is 0 Å². The molecule has 14 rings (SSSR count). The number of hydrogen-bond acceptors (Lipinski definition) is 4. The monoisotopic (exact) mass is 1090 g/mol. The molecule has 10 aromatic carbocycles. The molecule has 13 aromatic rings. The molecule has 0 amide bonds. The van der Waals surface area contributed by atoms with E-state index in [4.69, 9.17) is 9.72 Å². The maximum Gasteiger partial charge on any atom is 0.137 e. The van der Waals surface area contributed by atoms with E-state index in [0.717, 1.165) is 100 Å². The fraction of sp³-hybridized carbons (Fsp3) is 0. The molecule has 71 heavy (non-hydrogen) atoms. The molecule has 6 nitrogen and oxygen atoms in total. The average molecular weight is 1090 g/mol. The Morgan fingerprint density at radius 2 is 1.00 bits per heavy atom. The summed E-state index contributed by atoms with van der Waals surface area (Å²) >= 11 is 0. The third kappa shape index (κ3) is 7.01. The van der Waals surface area contributed by atoms with Crippen molar-refractivity contribution in [2.24, 2.45) is 0 Å². The van der Waals surface area contributed by atoms with Gasteiger partial charge in [-0.05, 0) is 52.2 Å². The summed E-state index contributed by atoms with van der Waals surface area (Å²) in [7, 11) is 0. The van der Waals surface area contributed by atoms with Crippen molar-refractivity contribution in [3.05, 3.63) is 256 Å². The van der Waals surface area contributed by atoms with Crippen molar-refractivity contribution in [2.45, 2.75) is 0 Å². The number of pyridine rings is 1. The predicted molar refractivity (Wildman–Crippen MR) is 287 cm³/mol. The van der Waals surface area contributed by atoms with E-state index in [9.17, 15) is 0 Å². The maximum atomic E-state index is 6.77. The predicted octanol–water partition coefficient (Wildman–Crippen LogP) is 16.6. The van der Waals surface area contributed by atoms with Gasteiger partial charge in [-0.2, -0.15) is 12.1 Å². The molecule has 0 unspecified atom stereocenters. The number of benzene rings is 10. The Morgan fingerprint density at radius 3 is 1.69 bits per heavy atom. The van der Waals surface area contributed by atoms with Crippen molar-refractivity contribution < 1.29 is 25.8 Å². The van der Waals surface area contributed by atoms with Gasteiger partial charge in [-0.25, -0.2) is 4.98 Å². The van der Waals surface area contributed by atoms with Crippen LogP contribution in [0.4, 0.5) is 22.7 Å². The summed E-state index contributed by atoms with van der Waals surface area (Å²) in [5.74, 6) is 1.94. The molecule has 1 aliphatic heterocycles. The zero-order valence-corrected chi connectivity index (χ0v) is 40.3. The largest absolute Gasteiger partial charge is 0.509 e. The number of ether oxygens (including phenoxy) is 1. The standard InChI is InChI=1S/C64H40N5O.Pt/c1-3-17-43(18-4-1)50-28-16-29-51(44-19-5-2-6-20-44)63(50)67-42-66(60-36-33-45-21-7-8-24-52(45)64(60)67)46-22-15-23-48(39-46)70-49-34-35-56-55-27-11-14-32-59(55)69(61(56)41-49)62-40-47(37-38-65-62)68-57-30-12-9-25-53(57)54-26-10-13-31-58(54)68;/h1-38,40,42H;/q-3;. The van der Waals surface area contributed by atoms with Crippen LogP contribution in [0.5, 0.6) is 11.5 Å². The molecule has 0 aliphatic carbocycles. The SMILES string of the molecule is [Pt].[c-]1c(Oc2[c-]c3c(cc2)c2ccccc2n3-c2cc(-n3c4ccccc4c4ccccc43)ccn2)cccc1N1[CH-]N(c2c(-c3ccccc3)cccc2-c2ccccc2)c2c1ccc1ccccc21. The van der Waals surface area contributed by atoms with Gasteiger partial charge in [0.15, 0.2) is 0 Å². The third-order valence-electron chi connectivity index (χ3n) is 13.6. The molecule has 0 saturated carbocycles. The first-order chi connectivity index (χ1) is 34.7. The van der Waals surface area contributed by atoms with E-state index >= 15 is 0 Å². The Hall–Kier alpha value is -8.70. The Kier molecular flexibility index (Phi) is 10.4. The van der Waals surface area contributed by atoms with Gasteiger partial charge in [-0.3, -0.25) is 0 Å². The quantitative estimate of drug-likeness (QED) is 0.142. The second-order valence-electron chi connectivity index (χ2n) is 17.6. The molecule has 0 spiro atoms. The molecule has 1 aliphatic rings. The molecule has 0 bridgehead atoms. The van der Waals surface area contributed by atoms with Crippen molar-refractivity contribution in [2.75, 3.05) is 9.80 Å². The van der Waals surface area contributed by atoms with Crippen molar-refractivity contribution in [1.82, 2.24) is 14.1 Å². The van der Waals surface area contributed by atoms with E-state index in [2.05, 4.69) is 250 Å². The topological polar surface area (TPSA) is 38.5 Å². The number of rotatable bonds is 8. The maximum absolute atomic E-state index is 6.77. The molecular formula is C64H40N5OPt-3.